The Labute approximate surface area is 139 Å². The molecule has 23 heavy (non-hydrogen) atoms. The largest absolute Gasteiger partial charge is 0.256 e. The minimum Gasteiger partial charge on any atom is -0.256 e. The van der Waals surface area contributed by atoms with E-state index in [2.05, 4.69) is 67.4 Å². The Kier molecular flexibility index (Phi) is 5.07. The molecule has 2 aromatic carbocycles. The highest BCUT2D eigenvalue weighted by molar-refractivity contribution is 5.94. The van der Waals surface area contributed by atoms with Crippen molar-refractivity contribution in [1.29, 1.82) is 0 Å². The minimum absolute atomic E-state index is 1.08. The molecule has 0 radical (unpaired) electrons. The normalized spacial score (nSPS) is 11.0. The summed E-state index contributed by atoms with van der Waals surface area (Å²) in [5, 5.41) is 1.27. The van der Waals surface area contributed by atoms with Gasteiger partial charge < -0.3 is 0 Å². The van der Waals surface area contributed by atoms with Crippen LogP contribution in [0.1, 0.15) is 43.7 Å². The first kappa shape index (κ1) is 15.7. The summed E-state index contributed by atoms with van der Waals surface area (Å²) in [5.74, 6) is 0. The third-order valence-corrected chi connectivity index (χ3v) is 4.45. The SMILES string of the molecule is CCCCCCc1ccc2nccc(-c3cccc(C)c3)c2c1. The predicted octanol–water partition coefficient (Wildman–Crippen LogP) is 6.33. The van der Waals surface area contributed by atoms with Gasteiger partial charge in [0.05, 0.1) is 5.52 Å². The molecule has 0 aliphatic heterocycles. The lowest BCUT2D eigenvalue weighted by molar-refractivity contribution is 0.667. The first-order valence-corrected chi connectivity index (χ1v) is 8.72. The lowest BCUT2D eigenvalue weighted by Crippen LogP contribution is -1.90. The fourth-order valence-corrected chi connectivity index (χ4v) is 3.17. The smallest absolute Gasteiger partial charge is 0.0708 e. The monoisotopic (exact) mass is 303 g/mol. The van der Waals surface area contributed by atoms with Crippen molar-refractivity contribution >= 4 is 10.9 Å². The highest BCUT2D eigenvalue weighted by Gasteiger charge is 2.06. The molecule has 0 saturated heterocycles. The number of rotatable bonds is 6. The van der Waals surface area contributed by atoms with Crippen LogP contribution in [0.4, 0.5) is 0 Å². The molecular formula is C22H25N. The van der Waals surface area contributed by atoms with Gasteiger partial charge in [-0.3, -0.25) is 4.98 Å². The molecule has 0 aliphatic rings. The molecule has 3 rings (SSSR count). The molecule has 1 aromatic heterocycles. The fraction of sp³-hybridized carbons (Fsp3) is 0.318. The zero-order valence-corrected chi connectivity index (χ0v) is 14.2. The summed E-state index contributed by atoms with van der Waals surface area (Å²) < 4.78 is 0. The van der Waals surface area contributed by atoms with Crippen LogP contribution in [0.5, 0.6) is 0 Å². The molecule has 0 bridgehead atoms. The summed E-state index contributed by atoms with van der Waals surface area (Å²) in [7, 11) is 0. The second-order valence-corrected chi connectivity index (χ2v) is 6.39. The maximum absolute atomic E-state index is 4.54. The van der Waals surface area contributed by atoms with E-state index < -0.39 is 0 Å². The van der Waals surface area contributed by atoms with Gasteiger partial charge in [-0.05, 0) is 54.7 Å². The second-order valence-electron chi connectivity index (χ2n) is 6.39. The molecule has 0 fully saturated rings. The van der Waals surface area contributed by atoms with Crippen LogP contribution < -0.4 is 0 Å². The van der Waals surface area contributed by atoms with E-state index in [4.69, 9.17) is 0 Å². The van der Waals surface area contributed by atoms with Gasteiger partial charge in [0, 0.05) is 11.6 Å². The van der Waals surface area contributed by atoms with Crippen molar-refractivity contribution in [2.75, 3.05) is 0 Å². The number of unbranched alkanes of at least 4 members (excludes halogenated alkanes) is 3. The van der Waals surface area contributed by atoms with E-state index >= 15 is 0 Å². The summed E-state index contributed by atoms with van der Waals surface area (Å²) in [6, 6.07) is 17.6. The van der Waals surface area contributed by atoms with E-state index in [-0.39, 0.29) is 0 Å². The predicted molar refractivity (Wildman–Crippen MR) is 99.8 cm³/mol. The Morgan fingerprint density at radius 2 is 1.83 bits per heavy atom. The first-order valence-electron chi connectivity index (χ1n) is 8.72. The molecule has 0 aliphatic carbocycles. The number of benzene rings is 2. The molecule has 0 unspecified atom stereocenters. The Morgan fingerprint density at radius 3 is 2.65 bits per heavy atom. The standard InChI is InChI=1S/C22H25N/c1-3-4-5-6-9-18-11-12-22-21(16-18)20(13-14-23-22)19-10-7-8-17(2)15-19/h7-8,10-16H,3-6,9H2,1-2H3. The second kappa shape index (κ2) is 7.41. The Morgan fingerprint density at radius 1 is 0.913 bits per heavy atom. The molecule has 1 nitrogen and oxygen atoms in total. The van der Waals surface area contributed by atoms with Crippen LogP contribution in [0.15, 0.2) is 54.7 Å². The molecule has 0 N–H and O–H groups in total. The number of aryl methyl sites for hydroxylation is 2. The van der Waals surface area contributed by atoms with Gasteiger partial charge >= 0.3 is 0 Å². The van der Waals surface area contributed by atoms with Gasteiger partial charge in [-0.1, -0.05) is 62.1 Å². The van der Waals surface area contributed by atoms with Crippen molar-refractivity contribution in [1.82, 2.24) is 4.98 Å². The maximum Gasteiger partial charge on any atom is 0.0708 e. The number of hydrogen-bond acceptors (Lipinski definition) is 1. The molecule has 1 heteroatoms. The van der Waals surface area contributed by atoms with E-state index in [1.165, 1.54) is 53.3 Å². The highest BCUT2D eigenvalue weighted by Crippen LogP contribution is 2.29. The van der Waals surface area contributed by atoms with Crippen LogP contribution in [0.3, 0.4) is 0 Å². The van der Waals surface area contributed by atoms with Crippen molar-refractivity contribution in [2.24, 2.45) is 0 Å². The van der Waals surface area contributed by atoms with Gasteiger partial charge in [0.15, 0.2) is 0 Å². The van der Waals surface area contributed by atoms with E-state index in [9.17, 15) is 0 Å². The van der Waals surface area contributed by atoms with E-state index in [0.29, 0.717) is 0 Å². The average molecular weight is 303 g/mol. The highest BCUT2D eigenvalue weighted by atomic mass is 14.6. The van der Waals surface area contributed by atoms with Crippen LogP contribution in [-0.2, 0) is 6.42 Å². The molecule has 3 aromatic rings. The minimum atomic E-state index is 1.08. The molecule has 1 heterocycles. The van der Waals surface area contributed by atoms with Crippen molar-refractivity contribution in [3.8, 4) is 11.1 Å². The number of nitrogens with zero attached hydrogens (tertiary/aromatic N) is 1. The van der Waals surface area contributed by atoms with Crippen LogP contribution >= 0.6 is 0 Å². The Hall–Kier alpha value is -2.15. The van der Waals surface area contributed by atoms with Gasteiger partial charge in [0.1, 0.15) is 0 Å². The average Bonchev–Trinajstić information content (AvgIpc) is 2.58. The van der Waals surface area contributed by atoms with Crippen LogP contribution in [0.25, 0.3) is 22.0 Å². The van der Waals surface area contributed by atoms with Gasteiger partial charge in [-0.2, -0.15) is 0 Å². The van der Waals surface area contributed by atoms with Gasteiger partial charge in [-0.15, -0.1) is 0 Å². The number of pyridine rings is 1. The number of fused-ring (bicyclic) bond motifs is 1. The van der Waals surface area contributed by atoms with Gasteiger partial charge in [-0.25, -0.2) is 0 Å². The van der Waals surface area contributed by atoms with Crippen LogP contribution in [0.2, 0.25) is 0 Å². The third-order valence-electron chi connectivity index (χ3n) is 4.45. The summed E-state index contributed by atoms with van der Waals surface area (Å²) in [5.41, 5.74) is 6.37. The zero-order chi connectivity index (χ0) is 16.1. The van der Waals surface area contributed by atoms with Crippen LogP contribution in [0, 0.1) is 6.92 Å². The quantitative estimate of drug-likeness (QED) is 0.485. The molecule has 118 valence electrons. The molecule has 0 atom stereocenters. The van der Waals surface area contributed by atoms with Gasteiger partial charge in [0.25, 0.3) is 0 Å². The molecule has 0 amide bonds. The summed E-state index contributed by atoms with van der Waals surface area (Å²) >= 11 is 0. The number of hydrogen-bond donors (Lipinski definition) is 0. The Bertz CT molecular complexity index is 789. The Balaban J connectivity index is 1.95. The van der Waals surface area contributed by atoms with E-state index in [1.54, 1.807) is 0 Å². The zero-order valence-electron chi connectivity index (χ0n) is 14.2. The molecule has 0 spiro atoms. The van der Waals surface area contributed by atoms with Crippen molar-refractivity contribution in [3.05, 3.63) is 65.9 Å². The summed E-state index contributed by atoms with van der Waals surface area (Å²) in [4.78, 5) is 4.54. The first-order chi connectivity index (χ1) is 11.3. The summed E-state index contributed by atoms with van der Waals surface area (Å²) in [6.07, 6.45) is 8.31. The van der Waals surface area contributed by atoms with E-state index in [1.807, 2.05) is 6.20 Å². The topological polar surface area (TPSA) is 12.9 Å². The summed E-state index contributed by atoms with van der Waals surface area (Å²) in [6.45, 7) is 4.40. The lowest BCUT2D eigenvalue weighted by Gasteiger charge is -2.09. The van der Waals surface area contributed by atoms with Gasteiger partial charge in [0.2, 0.25) is 0 Å². The molecule has 0 saturated carbocycles. The lowest BCUT2D eigenvalue weighted by atomic mass is 9.97. The van der Waals surface area contributed by atoms with Crippen molar-refractivity contribution in [3.63, 3.8) is 0 Å². The van der Waals surface area contributed by atoms with Crippen molar-refractivity contribution < 1.29 is 0 Å². The molecular weight excluding hydrogens is 278 g/mol. The fourth-order valence-electron chi connectivity index (χ4n) is 3.17. The number of aromatic nitrogens is 1. The third kappa shape index (κ3) is 3.79. The van der Waals surface area contributed by atoms with Crippen LogP contribution in [-0.4, -0.2) is 4.98 Å². The van der Waals surface area contributed by atoms with Crippen molar-refractivity contribution in [2.45, 2.75) is 46.0 Å². The van der Waals surface area contributed by atoms with E-state index in [0.717, 1.165) is 11.9 Å². The maximum atomic E-state index is 4.54.